The van der Waals surface area contributed by atoms with Gasteiger partial charge in [-0.25, -0.2) is 4.79 Å². The fourth-order valence-electron chi connectivity index (χ4n) is 1.56. The van der Waals surface area contributed by atoms with Crippen LogP contribution in [0, 0.1) is 20.8 Å². The zero-order valence-electron chi connectivity index (χ0n) is 8.05. The van der Waals surface area contributed by atoms with E-state index in [4.69, 9.17) is 0 Å². The average Bonchev–Trinajstić information content (AvgIpc) is 2.02. The number of rotatable bonds is 1. The van der Waals surface area contributed by atoms with E-state index in [1.807, 2.05) is 42.4 Å². The van der Waals surface area contributed by atoms with Crippen LogP contribution in [0.2, 0.25) is 0 Å². The maximum absolute atomic E-state index is 11.3. The van der Waals surface area contributed by atoms with Crippen LogP contribution in [0.1, 0.15) is 27.0 Å². The Kier molecular flexibility index (Phi) is 3.05. The normalized spacial score (nSPS) is 9.85. The van der Waals surface area contributed by atoms with Crippen molar-refractivity contribution in [3.63, 3.8) is 0 Å². The van der Waals surface area contributed by atoms with Crippen LogP contribution in [0.4, 0.5) is 0 Å². The molecule has 0 bridgehead atoms. The van der Waals surface area contributed by atoms with E-state index in [1.54, 1.807) is 0 Å². The fraction of sp³-hybridized carbons (Fsp3) is 0.300. The van der Waals surface area contributed by atoms with Crippen LogP contribution < -0.4 is 0 Å². The van der Waals surface area contributed by atoms with Crippen molar-refractivity contribution in [2.45, 2.75) is 20.8 Å². The van der Waals surface area contributed by atoms with Gasteiger partial charge in [0.15, 0.2) is 0 Å². The Morgan fingerprint density at radius 3 is 2.08 bits per heavy atom. The molecule has 1 aromatic rings. The summed E-state index contributed by atoms with van der Waals surface area (Å²) < 4.78 is 4.62. The molecule has 0 aliphatic heterocycles. The summed E-state index contributed by atoms with van der Waals surface area (Å²) >= 11 is 0. The van der Waals surface area contributed by atoms with E-state index in [1.165, 1.54) is 0 Å². The van der Waals surface area contributed by atoms with E-state index in [0.717, 1.165) is 16.7 Å². The number of aryl methyl sites for hydroxylation is 3. The molecule has 0 fully saturated rings. The van der Waals surface area contributed by atoms with Crippen molar-refractivity contribution < 1.29 is 9.32 Å². The molecule has 70 valence electrons. The zero-order valence-corrected chi connectivity index (χ0v) is 9.20. The van der Waals surface area contributed by atoms with Crippen molar-refractivity contribution in [2.24, 2.45) is 0 Å². The van der Waals surface area contributed by atoms with E-state index < -0.39 is 0 Å². The molecule has 0 amide bonds. The maximum atomic E-state index is 11.3. The number of hydrogen-bond donors (Lipinski definition) is 0. The van der Waals surface area contributed by atoms with E-state index in [9.17, 15) is 4.79 Å². The quantitative estimate of drug-likeness (QED) is 0.645. The standard InChI is InChI=1S/C10H13O2P/c1-6-4-7(2)9(8(3)5-6)10(11)12-13/h4-5H,13H2,1-3H3. The van der Waals surface area contributed by atoms with Crippen LogP contribution in [0.3, 0.4) is 0 Å². The predicted molar refractivity (Wildman–Crippen MR) is 55.8 cm³/mol. The summed E-state index contributed by atoms with van der Waals surface area (Å²) in [5.74, 6) is -0.292. The van der Waals surface area contributed by atoms with Crippen LogP contribution >= 0.6 is 9.47 Å². The highest BCUT2D eigenvalue weighted by molar-refractivity contribution is 7.10. The van der Waals surface area contributed by atoms with Gasteiger partial charge in [0, 0.05) is 0 Å². The van der Waals surface area contributed by atoms with Crippen molar-refractivity contribution in [1.82, 2.24) is 0 Å². The second-order valence-corrected chi connectivity index (χ2v) is 3.41. The Morgan fingerprint density at radius 1 is 1.23 bits per heavy atom. The van der Waals surface area contributed by atoms with E-state index in [0.29, 0.717) is 5.56 Å². The van der Waals surface area contributed by atoms with Crippen LogP contribution in [0.25, 0.3) is 0 Å². The molecule has 0 saturated carbocycles. The lowest BCUT2D eigenvalue weighted by atomic mass is 10.0. The summed E-state index contributed by atoms with van der Waals surface area (Å²) in [5.41, 5.74) is 3.76. The van der Waals surface area contributed by atoms with Gasteiger partial charge in [0.2, 0.25) is 0 Å². The average molecular weight is 196 g/mol. The third-order valence-electron chi connectivity index (χ3n) is 1.99. The molecular formula is C10H13O2P. The molecule has 2 nitrogen and oxygen atoms in total. The molecule has 0 spiro atoms. The number of carbonyl (C=O) groups excluding carboxylic acids is 1. The van der Waals surface area contributed by atoms with E-state index in [-0.39, 0.29) is 5.97 Å². The Balaban J connectivity index is 3.28. The third kappa shape index (κ3) is 2.07. The minimum absolute atomic E-state index is 0.292. The fourth-order valence-corrected chi connectivity index (χ4v) is 1.68. The second kappa shape index (κ2) is 3.89. The van der Waals surface area contributed by atoms with Gasteiger partial charge in [-0.2, -0.15) is 0 Å². The van der Waals surface area contributed by atoms with Gasteiger partial charge in [0.1, 0.15) is 0 Å². The molecule has 0 N–H and O–H groups in total. The molecule has 0 aliphatic rings. The lowest BCUT2D eigenvalue weighted by molar-refractivity contribution is 0.0764. The van der Waals surface area contributed by atoms with Crippen molar-refractivity contribution >= 4 is 15.4 Å². The zero-order chi connectivity index (χ0) is 10.0. The van der Waals surface area contributed by atoms with Gasteiger partial charge < -0.3 is 4.52 Å². The molecule has 0 aliphatic carbocycles. The van der Waals surface area contributed by atoms with Crippen molar-refractivity contribution in [2.75, 3.05) is 0 Å². The van der Waals surface area contributed by atoms with Gasteiger partial charge in [0.05, 0.1) is 15.0 Å². The first kappa shape index (κ1) is 10.2. The maximum Gasteiger partial charge on any atom is 0.340 e. The highest BCUT2D eigenvalue weighted by Gasteiger charge is 2.12. The Hall–Kier alpha value is -0.880. The monoisotopic (exact) mass is 196 g/mol. The molecule has 0 saturated heterocycles. The van der Waals surface area contributed by atoms with Crippen LogP contribution in [0.15, 0.2) is 12.1 Å². The van der Waals surface area contributed by atoms with Gasteiger partial charge in [-0.1, -0.05) is 17.7 Å². The second-order valence-electron chi connectivity index (χ2n) is 3.18. The largest absolute Gasteiger partial charge is 0.448 e. The van der Waals surface area contributed by atoms with Gasteiger partial charge >= 0.3 is 5.97 Å². The highest BCUT2D eigenvalue weighted by Crippen LogP contribution is 2.17. The van der Waals surface area contributed by atoms with Crippen LogP contribution in [0.5, 0.6) is 0 Å². The molecule has 1 aromatic carbocycles. The molecule has 1 atom stereocenters. The van der Waals surface area contributed by atoms with Gasteiger partial charge in [-0.05, 0) is 31.9 Å². The van der Waals surface area contributed by atoms with Gasteiger partial charge in [-0.3, -0.25) is 0 Å². The molecule has 3 heteroatoms. The number of benzene rings is 1. The lowest BCUT2D eigenvalue weighted by Gasteiger charge is -2.08. The molecule has 0 heterocycles. The Morgan fingerprint density at radius 2 is 1.69 bits per heavy atom. The Bertz CT molecular complexity index is 322. The number of hydrogen-bond acceptors (Lipinski definition) is 2. The third-order valence-corrected chi connectivity index (χ3v) is 2.20. The minimum atomic E-state index is -0.292. The van der Waals surface area contributed by atoms with E-state index >= 15 is 0 Å². The summed E-state index contributed by atoms with van der Waals surface area (Å²) in [5, 5.41) is 0. The Labute approximate surface area is 80.6 Å². The summed E-state index contributed by atoms with van der Waals surface area (Å²) in [7, 11) is 1.97. The van der Waals surface area contributed by atoms with E-state index in [2.05, 4.69) is 4.52 Å². The molecule has 1 unspecified atom stereocenters. The summed E-state index contributed by atoms with van der Waals surface area (Å²) in [4.78, 5) is 11.3. The summed E-state index contributed by atoms with van der Waals surface area (Å²) in [6.45, 7) is 5.84. The van der Waals surface area contributed by atoms with Gasteiger partial charge in [0.25, 0.3) is 0 Å². The van der Waals surface area contributed by atoms with Crippen molar-refractivity contribution in [3.05, 3.63) is 34.4 Å². The number of carbonyl (C=O) groups is 1. The molecule has 0 radical (unpaired) electrons. The SMILES string of the molecule is Cc1cc(C)c(C(=O)OP)c(C)c1. The summed E-state index contributed by atoms with van der Waals surface area (Å²) in [6.07, 6.45) is 0. The molecule has 13 heavy (non-hydrogen) atoms. The van der Waals surface area contributed by atoms with Crippen LogP contribution in [-0.2, 0) is 4.52 Å². The molecular weight excluding hydrogens is 183 g/mol. The topological polar surface area (TPSA) is 26.3 Å². The first-order chi connectivity index (χ1) is 6.06. The van der Waals surface area contributed by atoms with Crippen molar-refractivity contribution in [1.29, 1.82) is 0 Å². The van der Waals surface area contributed by atoms with Crippen molar-refractivity contribution in [3.8, 4) is 0 Å². The minimum Gasteiger partial charge on any atom is -0.448 e. The predicted octanol–water partition coefficient (Wildman–Crippen LogP) is 2.56. The summed E-state index contributed by atoms with van der Waals surface area (Å²) in [6, 6.07) is 3.95. The molecule has 0 aromatic heterocycles. The molecule has 1 rings (SSSR count). The first-order valence-corrected chi connectivity index (χ1v) is 4.52. The lowest BCUT2D eigenvalue weighted by Crippen LogP contribution is -2.04. The highest BCUT2D eigenvalue weighted by atomic mass is 31.0. The van der Waals surface area contributed by atoms with Crippen LogP contribution in [-0.4, -0.2) is 5.97 Å². The first-order valence-electron chi connectivity index (χ1n) is 4.05. The smallest absolute Gasteiger partial charge is 0.340 e. The van der Waals surface area contributed by atoms with Gasteiger partial charge in [-0.15, -0.1) is 0 Å².